The molecule has 1 unspecified atom stereocenters. The molecule has 1 aromatic rings. The van der Waals surface area contributed by atoms with Crippen LogP contribution in [0, 0.1) is 5.92 Å². The first-order chi connectivity index (χ1) is 9.26. The fourth-order valence-corrected chi connectivity index (χ4v) is 3.27. The zero-order valence-corrected chi connectivity index (χ0v) is 11.8. The van der Waals surface area contributed by atoms with E-state index in [1.807, 2.05) is 4.68 Å². The van der Waals surface area contributed by atoms with Gasteiger partial charge in [-0.05, 0) is 51.7 Å². The van der Waals surface area contributed by atoms with E-state index in [9.17, 15) is 5.11 Å². The lowest BCUT2D eigenvalue weighted by molar-refractivity contribution is 0.217. The maximum atomic E-state index is 9.41. The molecule has 106 valence electrons. The van der Waals surface area contributed by atoms with E-state index in [0.717, 1.165) is 43.4 Å². The van der Waals surface area contributed by atoms with Gasteiger partial charge in [0, 0.05) is 18.9 Å². The molecule has 3 rings (SSSR count). The van der Waals surface area contributed by atoms with E-state index < -0.39 is 0 Å². The van der Waals surface area contributed by atoms with Gasteiger partial charge in [0.2, 0.25) is 0 Å². The van der Waals surface area contributed by atoms with Crippen molar-refractivity contribution in [2.75, 3.05) is 26.7 Å². The van der Waals surface area contributed by atoms with Crippen LogP contribution >= 0.6 is 0 Å². The number of piperidine rings is 1. The molecule has 0 amide bonds. The molecule has 0 saturated carbocycles. The van der Waals surface area contributed by atoms with Crippen LogP contribution in [0.25, 0.3) is 0 Å². The van der Waals surface area contributed by atoms with E-state index >= 15 is 0 Å². The van der Waals surface area contributed by atoms with Gasteiger partial charge in [0.15, 0.2) is 5.82 Å². The third-order valence-electron chi connectivity index (χ3n) is 4.56. The first kappa shape index (κ1) is 13.1. The molecule has 1 saturated heterocycles. The monoisotopic (exact) mass is 264 g/mol. The molecule has 19 heavy (non-hydrogen) atoms. The minimum absolute atomic E-state index is 0.201. The van der Waals surface area contributed by atoms with Crippen molar-refractivity contribution in [3.63, 3.8) is 0 Å². The van der Waals surface area contributed by atoms with Gasteiger partial charge in [0.1, 0.15) is 5.82 Å². The molecular weight excluding hydrogens is 240 g/mol. The Labute approximate surface area is 114 Å². The molecular formula is C14H24N4O. The highest BCUT2D eigenvalue weighted by Crippen LogP contribution is 2.26. The van der Waals surface area contributed by atoms with Crippen molar-refractivity contribution in [3.8, 4) is 0 Å². The Morgan fingerprint density at radius 2 is 2.00 bits per heavy atom. The maximum absolute atomic E-state index is 9.41. The smallest absolute Gasteiger partial charge is 0.151 e. The van der Waals surface area contributed by atoms with Gasteiger partial charge in [-0.1, -0.05) is 0 Å². The largest absolute Gasteiger partial charge is 0.396 e. The van der Waals surface area contributed by atoms with Crippen molar-refractivity contribution in [1.82, 2.24) is 19.7 Å². The van der Waals surface area contributed by atoms with Crippen molar-refractivity contribution in [3.05, 3.63) is 11.6 Å². The molecule has 2 aliphatic rings. The molecule has 0 aromatic carbocycles. The lowest BCUT2D eigenvalue weighted by atomic mass is 9.93. The molecule has 1 atom stereocenters. The van der Waals surface area contributed by atoms with Crippen LogP contribution in [0.3, 0.4) is 0 Å². The number of nitrogens with zero attached hydrogens (tertiary/aromatic N) is 4. The second-order valence-corrected chi connectivity index (χ2v) is 6.08. The summed E-state index contributed by atoms with van der Waals surface area (Å²) in [6, 6.07) is 0. The van der Waals surface area contributed by atoms with Crippen LogP contribution in [0.5, 0.6) is 0 Å². The first-order valence-electron chi connectivity index (χ1n) is 7.49. The number of rotatable bonds is 3. The van der Waals surface area contributed by atoms with Gasteiger partial charge >= 0.3 is 0 Å². The minimum atomic E-state index is 0.201. The summed E-state index contributed by atoms with van der Waals surface area (Å²) in [6.07, 6.45) is 5.66. The molecule has 0 aliphatic carbocycles. The number of aliphatic hydroxyl groups is 1. The van der Waals surface area contributed by atoms with Gasteiger partial charge in [-0.2, -0.15) is 5.10 Å². The van der Waals surface area contributed by atoms with Crippen molar-refractivity contribution >= 4 is 0 Å². The number of fused-ring (bicyclic) bond motifs is 1. The Morgan fingerprint density at radius 3 is 2.74 bits per heavy atom. The number of aromatic nitrogens is 3. The van der Waals surface area contributed by atoms with E-state index in [1.165, 1.54) is 25.9 Å². The van der Waals surface area contributed by atoms with Gasteiger partial charge in [-0.15, -0.1) is 0 Å². The summed E-state index contributed by atoms with van der Waals surface area (Å²) in [5.74, 6) is 2.93. The van der Waals surface area contributed by atoms with Crippen LogP contribution in [0.15, 0.2) is 0 Å². The van der Waals surface area contributed by atoms with E-state index in [0.29, 0.717) is 0 Å². The van der Waals surface area contributed by atoms with Crippen LogP contribution in [0.2, 0.25) is 0 Å². The fraction of sp³-hybridized carbons (Fsp3) is 0.857. The first-order valence-corrected chi connectivity index (χ1v) is 7.49. The van der Waals surface area contributed by atoms with E-state index in [2.05, 4.69) is 17.0 Å². The molecule has 5 nitrogen and oxygen atoms in total. The van der Waals surface area contributed by atoms with Crippen molar-refractivity contribution in [1.29, 1.82) is 0 Å². The molecule has 1 fully saturated rings. The van der Waals surface area contributed by atoms with Crippen LogP contribution in [0.4, 0.5) is 0 Å². The Bertz CT molecular complexity index is 423. The molecule has 3 heterocycles. The topological polar surface area (TPSA) is 54.2 Å². The van der Waals surface area contributed by atoms with Gasteiger partial charge in [-0.25, -0.2) is 9.67 Å². The fourth-order valence-electron chi connectivity index (χ4n) is 3.27. The summed E-state index contributed by atoms with van der Waals surface area (Å²) in [5, 5.41) is 14.1. The Balaban J connectivity index is 1.67. The second-order valence-electron chi connectivity index (χ2n) is 6.08. The van der Waals surface area contributed by atoms with E-state index in [1.54, 1.807) is 0 Å². The van der Waals surface area contributed by atoms with Crippen molar-refractivity contribution < 1.29 is 5.11 Å². The Hall–Kier alpha value is -0.940. The van der Waals surface area contributed by atoms with E-state index in [-0.39, 0.29) is 12.5 Å². The average Bonchev–Trinajstić information content (AvgIpc) is 2.83. The third-order valence-corrected chi connectivity index (χ3v) is 4.56. The SMILES string of the molecule is CN1CCC(Cc2nc3n(n2)CCCC3CO)CC1. The van der Waals surface area contributed by atoms with Crippen LogP contribution in [-0.4, -0.2) is 51.5 Å². The Kier molecular flexibility index (Phi) is 3.84. The highest BCUT2D eigenvalue weighted by molar-refractivity contribution is 5.03. The van der Waals surface area contributed by atoms with Crippen LogP contribution < -0.4 is 0 Å². The van der Waals surface area contributed by atoms with Crippen LogP contribution in [-0.2, 0) is 13.0 Å². The number of hydrogen-bond acceptors (Lipinski definition) is 4. The van der Waals surface area contributed by atoms with Crippen molar-refractivity contribution in [2.45, 2.75) is 44.6 Å². The standard InChI is InChI=1S/C14H24N4O/c1-17-7-4-11(5-8-17)9-13-15-14-12(10-19)3-2-6-18(14)16-13/h11-12,19H,2-10H2,1H3. The molecule has 0 spiro atoms. The van der Waals surface area contributed by atoms with Gasteiger partial charge < -0.3 is 10.0 Å². The van der Waals surface area contributed by atoms with Crippen LogP contribution in [0.1, 0.15) is 43.3 Å². The lowest BCUT2D eigenvalue weighted by Gasteiger charge is -2.28. The van der Waals surface area contributed by atoms with Gasteiger partial charge in [0.05, 0.1) is 6.61 Å². The Morgan fingerprint density at radius 1 is 1.21 bits per heavy atom. The normalized spacial score (nSPS) is 25.5. The van der Waals surface area contributed by atoms with Gasteiger partial charge in [-0.3, -0.25) is 0 Å². The second kappa shape index (κ2) is 5.59. The number of hydrogen-bond donors (Lipinski definition) is 1. The molecule has 0 radical (unpaired) electrons. The number of aliphatic hydroxyl groups excluding tert-OH is 1. The summed E-state index contributed by atoms with van der Waals surface area (Å²) >= 11 is 0. The zero-order chi connectivity index (χ0) is 13.2. The third kappa shape index (κ3) is 2.82. The molecule has 5 heteroatoms. The summed E-state index contributed by atoms with van der Waals surface area (Å²) < 4.78 is 2.02. The zero-order valence-electron chi connectivity index (χ0n) is 11.8. The predicted molar refractivity (Wildman–Crippen MR) is 73.0 cm³/mol. The quantitative estimate of drug-likeness (QED) is 0.886. The van der Waals surface area contributed by atoms with Gasteiger partial charge in [0.25, 0.3) is 0 Å². The van der Waals surface area contributed by atoms with E-state index in [4.69, 9.17) is 4.98 Å². The molecule has 1 aromatic heterocycles. The number of likely N-dealkylation sites (tertiary alicyclic amines) is 1. The molecule has 1 N–H and O–H groups in total. The average molecular weight is 264 g/mol. The summed E-state index contributed by atoms with van der Waals surface area (Å²) in [5.41, 5.74) is 0. The summed E-state index contributed by atoms with van der Waals surface area (Å²) in [7, 11) is 2.19. The predicted octanol–water partition coefficient (Wildman–Crippen LogP) is 1.03. The summed E-state index contributed by atoms with van der Waals surface area (Å²) in [4.78, 5) is 7.09. The highest BCUT2D eigenvalue weighted by atomic mass is 16.3. The minimum Gasteiger partial charge on any atom is -0.396 e. The van der Waals surface area contributed by atoms with Crippen molar-refractivity contribution in [2.24, 2.45) is 5.92 Å². The molecule has 0 bridgehead atoms. The maximum Gasteiger partial charge on any atom is 0.151 e. The number of aryl methyl sites for hydroxylation is 1. The lowest BCUT2D eigenvalue weighted by Crippen LogP contribution is -2.31. The highest BCUT2D eigenvalue weighted by Gasteiger charge is 2.25. The summed E-state index contributed by atoms with van der Waals surface area (Å²) in [6.45, 7) is 3.55. The molecule has 2 aliphatic heterocycles.